The summed E-state index contributed by atoms with van der Waals surface area (Å²) in [5, 5.41) is 29.3. The molecule has 8 nitrogen and oxygen atoms in total. The van der Waals surface area contributed by atoms with Crippen LogP contribution in [0, 0.1) is 0 Å². The number of methoxy groups -OCH3 is 1. The lowest BCUT2D eigenvalue weighted by molar-refractivity contribution is -0.289. The topological polar surface area (TPSA) is 123 Å². The zero-order valence-corrected chi connectivity index (χ0v) is 15.7. The number of halogens is 6. The molecule has 1 aliphatic rings. The number of alkyl halides is 6. The van der Waals surface area contributed by atoms with E-state index in [1.165, 1.54) is 0 Å². The molecule has 1 fully saturated rings. The van der Waals surface area contributed by atoms with Crippen LogP contribution in [0.15, 0.2) is 23.1 Å². The third-order valence-corrected chi connectivity index (χ3v) is 5.43. The van der Waals surface area contributed by atoms with E-state index in [0.29, 0.717) is 0 Å². The van der Waals surface area contributed by atoms with E-state index < -0.39 is 75.8 Å². The largest absolute Gasteiger partial charge is 0.416 e. The van der Waals surface area contributed by atoms with Crippen molar-refractivity contribution in [3.05, 3.63) is 29.3 Å². The van der Waals surface area contributed by atoms with Crippen molar-refractivity contribution in [1.82, 2.24) is 0 Å². The van der Waals surface area contributed by atoms with Crippen molar-refractivity contribution in [3.8, 4) is 0 Å². The highest BCUT2D eigenvalue weighted by atomic mass is 32.2. The van der Waals surface area contributed by atoms with Gasteiger partial charge in [-0.1, -0.05) is 0 Å². The number of benzene rings is 1. The van der Waals surface area contributed by atoms with Gasteiger partial charge in [0, 0.05) is 7.11 Å². The second-order valence-electron chi connectivity index (χ2n) is 6.20. The number of hydrogen-bond acceptors (Lipinski definition) is 8. The van der Waals surface area contributed by atoms with E-state index >= 15 is 0 Å². The number of hydrogen-bond donors (Lipinski definition) is 3. The Kier molecular flexibility index (Phi) is 7.07. The lowest BCUT2D eigenvalue weighted by Gasteiger charge is -2.40. The van der Waals surface area contributed by atoms with Gasteiger partial charge in [0.05, 0.1) is 22.6 Å². The lowest BCUT2D eigenvalue weighted by atomic mass is 9.99. The van der Waals surface area contributed by atoms with E-state index in [2.05, 4.69) is 4.18 Å². The molecule has 0 aromatic heterocycles. The fraction of sp³-hybridized carbons (Fsp3) is 0.600. The fourth-order valence-corrected chi connectivity index (χ4v) is 3.81. The molecule has 0 radical (unpaired) electrons. The summed E-state index contributed by atoms with van der Waals surface area (Å²) in [7, 11) is -4.36. The van der Waals surface area contributed by atoms with E-state index in [4.69, 9.17) is 14.6 Å². The molecule has 0 bridgehead atoms. The maximum atomic E-state index is 13.0. The molecule has 1 aliphatic heterocycles. The molecule has 3 N–H and O–H groups in total. The second kappa shape index (κ2) is 8.57. The third-order valence-electron chi connectivity index (χ3n) is 4.14. The van der Waals surface area contributed by atoms with Crippen molar-refractivity contribution >= 4 is 10.1 Å². The summed E-state index contributed by atoms with van der Waals surface area (Å²) in [5.74, 6) is 0. The SMILES string of the molecule is CO[C@H]1O[C@H](CO)[C@H](O)[C@H](OS(=O)(=O)c2cc(C(F)(F)F)cc(C(F)(F)F)c2)[C@H]1O. The Morgan fingerprint density at radius 1 is 1.00 bits per heavy atom. The van der Waals surface area contributed by atoms with Crippen molar-refractivity contribution < 1.29 is 63.7 Å². The predicted octanol–water partition coefficient (Wildman–Crippen LogP) is 0.883. The van der Waals surface area contributed by atoms with Crippen LogP contribution in [0.25, 0.3) is 0 Å². The van der Waals surface area contributed by atoms with Crippen LogP contribution in [0.4, 0.5) is 26.3 Å². The summed E-state index contributed by atoms with van der Waals surface area (Å²) < 4.78 is 117. The van der Waals surface area contributed by atoms with Gasteiger partial charge < -0.3 is 24.8 Å². The molecule has 1 heterocycles. The van der Waals surface area contributed by atoms with Gasteiger partial charge in [-0.15, -0.1) is 0 Å². The minimum Gasteiger partial charge on any atom is -0.394 e. The molecule has 0 amide bonds. The van der Waals surface area contributed by atoms with Crippen LogP contribution in [0.5, 0.6) is 0 Å². The monoisotopic (exact) mass is 470 g/mol. The van der Waals surface area contributed by atoms with Crippen LogP contribution >= 0.6 is 0 Å². The molecule has 0 aliphatic carbocycles. The Labute approximate surface area is 165 Å². The molecule has 172 valence electrons. The number of aliphatic hydroxyl groups is 3. The molecule has 1 aromatic rings. The van der Waals surface area contributed by atoms with Gasteiger partial charge in [0.1, 0.15) is 24.4 Å². The minimum absolute atomic E-state index is 0.0833. The van der Waals surface area contributed by atoms with Crippen molar-refractivity contribution in [2.75, 3.05) is 13.7 Å². The van der Waals surface area contributed by atoms with Crippen LogP contribution in [-0.2, 0) is 36.1 Å². The van der Waals surface area contributed by atoms with Crippen LogP contribution in [-0.4, -0.2) is 68.2 Å². The molecular weight excluding hydrogens is 454 g/mol. The smallest absolute Gasteiger partial charge is 0.394 e. The Bertz CT molecular complexity index is 807. The van der Waals surface area contributed by atoms with Gasteiger partial charge in [-0.3, -0.25) is 4.18 Å². The van der Waals surface area contributed by atoms with Gasteiger partial charge in [0.2, 0.25) is 0 Å². The van der Waals surface area contributed by atoms with Crippen molar-refractivity contribution in [2.24, 2.45) is 0 Å². The molecule has 0 unspecified atom stereocenters. The first-order chi connectivity index (χ1) is 13.6. The first kappa shape index (κ1) is 24.8. The molecule has 2 rings (SSSR count). The summed E-state index contributed by atoms with van der Waals surface area (Å²) in [6, 6.07) is -0.445. The molecule has 15 heteroatoms. The Morgan fingerprint density at radius 2 is 1.50 bits per heavy atom. The third kappa shape index (κ3) is 5.22. The van der Waals surface area contributed by atoms with Gasteiger partial charge in [0.15, 0.2) is 6.29 Å². The van der Waals surface area contributed by atoms with Crippen LogP contribution in [0.3, 0.4) is 0 Å². The van der Waals surface area contributed by atoms with Gasteiger partial charge in [-0.2, -0.15) is 34.8 Å². The zero-order valence-electron chi connectivity index (χ0n) is 14.9. The highest BCUT2D eigenvalue weighted by Gasteiger charge is 2.48. The highest BCUT2D eigenvalue weighted by Crippen LogP contribution is 2.38. The van der Waals surface area contributed by atoms with Crippen molar-refractivity contribution in [2.45, 2.75) is 48.0 Å². The van der Waals surface area contributed by atoms with E-state index in [-0.39, 0.29) is 18.2 Å². The summed E-state index contributed by atoms with van der Waals surface area (Å²) >= 11 is 0. The lowest BCUT2D eigenvalue weighted by Crippen LogP contribution is -2.60. The molecule has 30 heavy (non-hydrogen) atoms. The maximum absolute atomic E-state index is 13.0. The average Bonchev–Trinajstić information content (AvgIpc) is 2.63. The van der Waals surface area contributed by atoms with Crippen molar-refractivity contribution in [1.29, 1.82) is 0 Å². The average molecular weight is 470 g/mol. The molecular formula is C15H16F6O8S. The summed E-state index contributed by atoms with van der Waals surface area (Å²) in [5.41, 5.74) is -3.81. The minimum atomic E-state index is -5.37. The number of ether oxygens (including phenoxy) is 2. The molecule has 1 aromatic carbocycles. The van der Waals surface area contributed by atoms with E-state index in [0.717, 1.165) is 7.11 Å². The van der Waals surface area contributed by atoms with E-state index in [1.54, 1.807) is 0 Å². The Balaban J connectivity index is 2.50. The molecule has 1 saturated heterocycles. The first-order valence-corrected chi connectivity index (χ1v) is 9.40. The standard InChI is InChI=1S/C15H16F6O8S/c1-27-13-11(24)12(10(23)9(5-22)28-13)29-30(25,26)8-3-6(14(16,17)18)2-7(4-8)15(19,20)21/h2-4,9-13,22-24H,5H2,1H3/t9-,10+,11-,12+,13+/m1/s1. The quantitative estimate of drug-likeness (QED) is 0.429. The predicted molar refractivity (Wildman–Crippen MR) is 83.3 cm³/mol. The fourth-order valence-electron chi connectivity index (χ4n) is 2.63. The first-order valence-electron chi connectivity index (χ1n) is 8.00. The van der Waals surface area contributed by atoms with E-state index in [1.807, 2.05) is 0 Å². The van der Waals surface area contributed by atoms with Crippen molar-refractivity contribution in [3.63, 3.8) is 0 Å². The normalized spacial score (nSPS) is 28.5. The number of aliphatic hydroxyl groups excluding tert-OH is 3. The summed E-state index contributed by atoms with van der Waals surface area (Å²) in [6.07, 6.45) is -19.9. The molecule has 0 spiro atoms. The van der Waals surface area contributed by atoms with Gasteiger partial charge in [-0.25, -0.2) is 0 Å². The van der Waals surface area contributed by atoms with Crippen LogP contribution in [0.2, 0.25) is 0 Å². The second-order valence-corrected chi connectivity index (χ2v) is 7.77. The molecule has 0 saturated carbocycles. The van der Waals surface area contributed by atoms with Gasteiger partial charge >= 0.3 is 12.4 Å². The van der Waals surface area contributed by atoms with Gasteiger partial charge in [0.25, 0.3) is 10.1 Å². The van der Waals surface area contributed by atoms with Gasteiger partial charge in [-0.05, 0) is 18.2 Å². The Hall–Kier alpha value is -1.49. The zero-order chi connectivity index (χ0) is 23.1. The summed E-state index contributed by atoms with van der Waals surface area (Å²) in [4.78, 5) is -1.51. The Morgan fingerprint density at radius 3 is 1.90 bits per heavy atom. The number of rotatable bonds is 5. The van der Waals surface area contributed by atoms with Crippen LogP contribution in [0.1, 0.15) is 11.1 Å². The summed E-state index contributed by atoms with van der Waals surface area (Å²) in [6.45, 7) is -0.893. The molecule has 5 atom stereocenters. The van der Waals surface area contributed by atoms with Crippen LogP contribution < -0.4 is 0 Å². The maximum Gasteiger partial charge on any atom is 0.416 e. The highest BCUT2D eigenvalue weighted by molar-refractivity contribution is 7.86. The van der Waals surface area contributed by atoms with E-state index in [9.17, 15) is 45.0 Å².